The van der Waals surface area contributed by atoms with Crippen molar-refractivity contribution in [2.24, 2.45) is 0 Å². The first kappa shape index (κ1) is 17.3. The van der Waals surface area contributed by atoms with Crippen molar-refractivity contribution in [3.05, 3.63) is 107 Å². The van der Waals surface area contributed by atoms with Crippen LogP contribution in [0.4, 0.5) is 0 Å². The number of nitrogens with one attached hydrogen (secondary N) is 2. The molecule has 1 atom stereocenters. The number of ketones is 1. The number of hydrogen-bond acceptors (Lipinski definition) is 2. The molecule has 3 aromatic carbocycles. The van der Waals surface area contributed by atoms with Crippen LogP contribution >= 0.6 is 0 Å². The highest BCUT2D eigenvalue weighted by atomic mass is 16.1. The van der Waals surface area contributed by atoms with Gasteiger partial charge in [-0.1, -0.05) is 78.4 Å². The standard InChI is InChI=1S/C24H22N2O/c1-17-11-13-18(14-12-17)15-26-23(19-7-3-2-4-8-19)24(27)21-16-25-22-10-6-5-9-20(21)22/h2-14,16,23,25-26H,15H2,1H3/t23-/m1/s1. The van der Waals surface area contributed by atoms with Crippen molar-refractivity contribution in [2.45, 2.75) is 19.5 Å². The molecule has 0 amide bonds. The van der Waals surface area contributed by atoms with Gasteiger partial charge in [-0.25, -0.2) is 0 Å². The normalized spacial score (nSPS) is 12.2. The number of aromatic amines is 1. The summed E-state index contributed by atoms with van der Waals surface area (Å²) in [4.78, 5) is 16.6. The van der Waals surface area contributed by atoms with Gasteiger partial charge >= 0.3 is 0 Å². The maximum atomic E-state index is 13.4. The van der Waals surface area contributed by atoms with Gasteiger partial charge in [0.15, 0.2) is 5.78 Å². The number of carbonyl (C=O) groups is 1. The molecule has 0 aliphatic rings. The molecule has 0 unspecified atom stereocenters. The zero-order valence-electron chi connectivity index (χ0n) is 15.3. The number of Topliss-reactive ketones (excluding diaryl/α,β-unsaturated/α-hetero) is 1. The van der Waals surface area contributed by atoms with Crippen LogP contribution in [0.25, 0.3) is 10.9 Å². The van der Waals surface area contributed by atoms with Gasteiger partial charge in [0.1, 0.15) is 0 Å². The van der Waals surface area contributed by atoms with E-state index in [0.29, 0.717) is 6.54 Å². The Morgan fingerprint density at radius 1 is 0.926 bits per heavy atom. The van der Waals surface area contributed by atoms with E-state index in [2.05, 4.69) is 41.5 Å². The van der Waals surface area contributed by atoms with Gasteiger partial charge in [-0.3, -0.25) is 10.1 Å². The molecule has 0 saturated carbocycles. The molecule has 1 heterocycles. The minimum atomic E-state index is -0.397. The van der Waals surface area contributed by atoms with Gasteiger partial charge in [0.2, 0.25) is 0 Å². The molecule has 4 aromatic rings. The van der Waals surface area contributed by atoms with E-state index in [9.17, 15) is 4.79 Å². The average Bonchev–Trinajstić information content (AvgIpc) is 3.14. The number of rotatable bonds is 6. The quantitative estimate of drug-likeness (QED) is 0.468. The summed E-state index contributed by atoms with van der Waals surface area (Å²) in [6, 6.07) is 25.8. The van der Waals surface area contributed by atoms with E-state index in [1.165, 1.54) is 5.56 Å². The second kappa shape index (κ2) is 7.60. The van der Waals surface area contributed by atoms with Crippen molar-refractivity contribution in [2.75, 3.05) is 0 Å². The lowest BCUT2D eigenvalue weighted by Crippen LogP contribution is -2.28. The van der Waals surface area contributed by atoms with E-state index in [0.717, 1.165) is 27.6 Å². The fraction of sp³-hybridized carbons (Fsp3) is 0.125. The lowest BCUT2D eigenvalue weighted by atomic mass is 9.96. The molecular formula is C24H22N2O. The Hall–Kier alpha value is -3.17. The zero-order chi connectivity index (χ0) is 18.6. The van der Waals surface area contributed by atoms with Crippen LogP contribution in [0.2, 0.25) is 0 Å². The van der Waals surface area contributed by atoms with Gasteiger partial charge in [0.05, 0.1) is 6.04 Å². The molecule has 134 valence electrons. The number of aromatic nitrogens is 1. The smallest absolute Gasteiger partial charge is 0.186 e. The van der Waals surface area contributed by atoms with Crippen molar-refractivity contribution < 1.29 is 4.79 Å². The summed E-state index contributed by atoms with van der Waals surface area (Å²) in [6.07, 6.45) is 1.82. The minimum Gasteiger partial charge on any atom is -0.360 e. The summed E-state index contributed by atoms with van der Waals surface area (Å²) in [7, 11) is 0. The molecule has 0 fully saturated rings. The van der Waals surface area contributed by atoms with Crippen molar-refractivity contribution in [1.29, 1.82) is 0 Å². The van der Waals surface area contributed by atoms with Crippen molar-refractivity contribution >= 4 is 16.7 Å². The van der Waals surface area contributed by atoms with E-state index in [1.54, 1.807) is 0 Å². The van der Waals surface area contributed by atoms with Crippen LogP contribution in [-0.2, 0) is 6.54 Å². The predicted molar refractivity (Wildman–Crippen MR) is 110 cm³/mol. The molecule has 3 heteroatoms. The molecule has 1 aromatic heterocycles. The third-order valence-electron chi connectivity index (χ3n) is 4.88. The van der Waals surface area contributed by atoms with E-state index in [4.69, 9.17) is 0 Å². The van der Waals surface area contributed by atoms with Gasteiger partial charge in [-0.2, -0.15) is 0 Å². The molecule has 2 N–H and O–H groups in total. The average molecular weight is 354 g/mol. The summed E-state index contributed by atoms with van der Waals surface area (Å²) in [5.41, 5.74) is 5.06. The highest BCUT2D eigenvalue weighted by Crippen LogP contribution is 2.25. The number of H-pyrrole nitrogens is 1. The van der Waals surface area contributed by atoms with Crippen molar-refractivity contribution in [3.63, 3.8) is 0 Å². The molecule has 27 heavy (non-hydrogen) atoms. The van der Waals surface area contributed by atoms with Gasteiger partial charge in [0, 0.05) is 29.2 Å². The second-order valence-electron chi connectivity index (χ2n) is 6.82. The number of benzene rings is 3. The topological polar surface area (TPSA) is 44.9 Å². The second-order valence-corrected chi connectivity index (χ2v) is 6.82. The molecule has 0 radical (unpaired) electrons. The van der Waals surface area contributed by atoms with Gasteiger partial charge < -0.3 is 4.98 Å². The van der Waals surface area contributed by atoms with E-state index >= 15 is 0 Å². The predicted octanol–water partition coefficient (Wildman–Crippen LogP) is 5.19. The maximum absolute atomic E-state index is 13.4. The van der Waals surface area contributed by atoms with Crippen molar-refractivity contribution in [3.8, 4) is 0 Å². The Morgan fingerprint density at radius 2 is 1.63 bits per heavy atom. The molecule has 0 spiro atoms. The van der Waals surface area contributed by atoms with Crippen LogP contribution in [0, 0.1) is 6.92 Å². The van der Waals surface area contributed by atoms with E-state index < -0.39 is 6.04 Å². The number of hydrogen-bond donors (Lipinski definition) is 2. The maximum Gasteiger partial charge on any atom is 0.186 e. The minimum absolute atomic E-state index is 0.0748. The third-order valence-corrected chi connectivity index (χ3v) is 4.88. The van der Waals surface area contributed by atoms with Gasteiger partial charge in [-0.15, -0.1) is 0 Å². The van der Waals surface area contributed by atoms with Gasteiger partial charge in [-0.05, 0) is 24.1 Å². The first-order chi connectivity index (χ1) is 13.2. The van der Waals surface area contributed by atoms with Crippen LogP contribution in [-0.4, -0.2) is 10.8 Å². The molecule has 3 nitrogen and oxygen atoms in total. The number of aryl methyl sites for hydroxylation is 1. The first-order valence-corrected chi connectivity index (χ1v) is 9.16. The fourth-order valence-corrected chi connectivity index (χ4v) is 3.36. The summed E-state index contributed by atoms with van der Waals surface area (Å²) in [6.45, 7) is 2.71. The highest BCUT2D eigenvalue weighted by Gasteiger charge is 2.23. The lowest BCUT2D eigenvalue weighted by Gasteiger charge is -2.18. The summed E-state index contributed by atoms with van der Waals surface area (Å²) in [5.74, 6) is 0.0748. The van der Waals surface area contributed by atoms with Crippen LogP contribution < -0.4 is 5.32 Å². The Labute approximate surface area is 159 Å². The summed E-state index contributed by atoms with van der Waals surface area (Å²) < 4.78 is 0. The Kier molecular flexibility index (Phi) is 4.86. The van der Waals surface area contributed by atoms with Crippen LogP contribution in [0.3, 0.4) is 0 Å². The van der Waals surface area contributed by atoms with E-state index in [1.807, 2.05) is 60.8 Å². The first-order valence-electron chi connectivity index (χ1n) is 9.16. The largest absolute Gasteiger partial charge is 0.360 e. The number of carbonyl (C=O) groups excluding carboxylic acids is 1. The summed E-state index contributed by atoms with van der Waals surface area (Å²) >= 11 is 0. The fourth-order valence-electron chi connectivity index (χ4n) is 3.36. The number of para-hydroxylation sites is 1. The van der Waals surface area contributed by atoms with Crippen LogP contribution in [0.1, 0.15) is 33.1 Å². The SMILES string of the molecule is Cc1ccc(CN[C@@H](C(=O)c2c[nH]c3ccccc23)c2ccccc2)cc1. The van der Waals surface area contributed by atoms with E-state index in [-0.39, 0.29) is 5.78 Å². The van der Waals surface area contributed by atoms with Crippen molar-refractivity contribution in [1.82, 2.24) is 10.3 Å². The summed E-state index contributed by atoms with van der Waals surface area (Å²) in [5, 5.41) is 4.42. The van der Waals surface area contributed by atoms with Crippen LogP contribution in [0.5, 0.6) is 0 Å². The Bertz CT molecular complexity index is 1050. The lowest BCUT2D eigenvalue weighted by molar-refractivity contribution is 0.0943. The Balaban J connectivity index is 1.65. The molecule has 0 bridgehead atoms. The molecule has 4 rings (SSSR count). The monoisotopic (exact) mass is 354 g/mol. The Morgan fingerprint density at radius 3 is 2.41 bits per heavy atom. The molecule has 0 aliphatic heterocycles. The third kappa shape index (κ3) is 3.69. The van der Waals surface area contributed by atoms with Gasteiger partial charge in [0.25, 0.3) is 0 Å². The highest BCUT2D eigenvalue weighted by molar-refractivity contribution is 6.10. The number of fused-ring (bicyclic) bond motifs is 1. The zero-order valence-corrected chi connectivity index (χ0v) is 15.3. The van der Waals surface area contributed by atoms with Crippen LogP contribution in [0.15, 0.2) is 85.1 Å². The molecule has 0 aliphatic carbocycles. The molecular weight excluding hydrogens is 332 g/mol. The molecule has 0 saturated heterocycles.